The Labute approximate surface area is 142 Å². The fourth-order valence-corrected chi connectivity index (χ4v) is 3.05. The number of carbonyl (C=O) groups is 1. The lowest BCUT2D eigenvalue weighted by Crippen LogP contribution is -2.40. The van der Waals surface area contributed by atoms with Gasteiger partial charge in [-0.2, -0.15) is 18.2 Å². The van der Waals surface area contributed by atoms with Gasteiger partial charge in [-0.1, -0.05) is 0 Å². The van der Waals surface area contributed by atoms with Gasteiger partial charge in [-0.3, -0.25) is 4.79 Å². The Hall–Kier alpha value is -2.36. The number of ether oxygens (including phenoxy) is 1. The number of alkyl halides is 3. The minimum absolute atomic E-state index is 0.0501. The van der Waals surface area contributed by atoms with Gasteiger partial charge in [0.2, 0.25) is 6.10 Å². The number of hydrogen-bond donors (Lipinski definition) is 1. The minimum atomic E-state index is -4.86. The van der Waals surface area contributed by atoms with Gasteiger partial charge in [-0.05, 0) is 37.6 Å². The normalized spacial score (nSPS) is 18.2. The van der Waals surface area contributed by atoms with E-state index in [1.54, 1.807) is 0 Å². The molecule has 2 N–H and O–H groups in total. The second-order valence-electron chi connectivity index (χ2n) is 5.63. The number of rotatable bonds is 2. The monoisotopic (exact) mass is 376 g/mol. The molecular formula is C15H15F3N2O4S. The summed E-state index contributed by atoms with van der Waals surface area (Å²) in [7, 11) is -3.60. The maximum absolute atomic E-state index is 13.3. The second kappa shape index (κ2) is 6.17. The van der Waals surface area contributed by atoms with Gasteiger partial charge in [-0.15, -0.1) is 0 Å². The highest BCUT2D eigenvalue weighted by Gasteiger charge is 2.48. The number of sulfone groups is 1. The fourth-order valence-electron chi connectivity index (χ4n) is 2.32. The van der Waals surface area contributed by atoms with E-state index in [2.05, 4.69) is 4.99 Å². The number of amides is 1. The molecule has 1 atom stereocenters. The Bertz CT molecular complexity index is 898. The van der Waals surface area contributed by atoms with Crippen LogP contribution in [0.15, 0.2) is 27.6 Å². The highest BCUT2D eigenvalue weighted by molar-refractivity contribution is 7.90. The van der Waals surface area contributed by atoms with Crippen LogP contribution in [0.4, 0.5) is 13.2 Å². The van der Waals surface area contributed by atoms with Crippen LogP contribution in [-0.4, -0.2) is 38.7 Å². The summed E-state index contributed by atoms with van der Waals surface area (Å²) < 4.78 is 68.3. The molecule has 10 heteroatoms. The van der Waals surface area contributed by atoms with E-state index in [-0.39, 0.29) is 27.6 Å². The predicted molar refractivity (Wildman–Crippen MR) is 85.0 cm³/mol. The van der Waals surface area contributed by atoms with Crippen molar-refractivity contribution in [3.05, 3.63) is 28.8 Å². The highest BCUT2D eigenvalue weighted by Crippen LogP contribution is 2.40. The van der Waals surface area contributed by atoms with Crippen molar-refractivity contribution >= 4 is 27.7 Å². The Balaban J connectivity index is 2.70. The van der Waals surface area contributed by atoms with Crippen LogP contribution in [0.5, 0.6) is 5.75 Å². The van der Waals surface area contributed by atoms with Crippen LogP contribution in [0.1, 0.15) is 18.1 Å². The van der Waals surface area contributed by atoms with E-state index < -0.39 is 33.6 Å². The summed E-state index contributed by atoms with van der Waals surface area (Å²) in [5.74, 6) is -1.55. The quantitative estimate of drug-likeness (QED) is 0.629. The number of aryl methyl sites for hydroxylation is 1. The Morgan fingerprint density at radius 3 is 2.40 bits per heavy atom. The Morgan fingerprint density at radius 2 is 1.92 bits per heavy atom. The van der Waals surface area contributed by atoms with Crippen LogP contribution < -0.4 is 10.5 Å². The van der Waals surface area contributed by atoms with Gasteiger partial charge in [0.15, 0.2) is 9.84 Å². The summed E-state index contributed by atoms with van der Waals surface area (Å²) in [6.45, 7) is 2.67. The molecule has 136 valence electrons. The number of nitrogens with zero attached hydrogens (tertiary/aromatic N) is 1. The first-order valence-corrected chi connectivity index (χ1v) is 8.84. The van der Waals surface area contributed by atoms with Crippen molar-refractivity contribution in [2.75, 3.05) is 6.26 Å². The van der Waals surface area contributed by atoms with Gasteiger partial charge < -0.3 is 10.5 Å². The molecule has 0 saturated carbocycles. The lowest BCUT2D eigenvalue weighted by Gasteiger charge is -2.28. The van der Waals surface area contributed by atoms with Gasteiger partial charge in [0.05, 0.1) is 10.5 Å². The van der Waals surface area contributed by atoms with Crippen LogP contribution in [0.25, 0.3) is 6.08 Å². The molecule has 6 nitrogen and oxygen atoms in total. The molecule has 0 saturated heterocycles. The standard InChI is InChI=1S/C15H15F3N2O4S/c1-7-4-10(25(3,22)23)5-9-6-11(14(21)20-8(2)19)13(15(16,17)18)24-12(7)9/h4-6,13H,1-3H3,(H2,19,20,21). The average molecular weight is 376 g/mol. The zero-order valence-corrected chi connectivity index (χ0v) is 14.3. The maximum Gasteiger partial charge on any atom is 0.429 e. The summed E-state index contributed by atoms with van der Waals surface area (Å²) in [4.78, 5) is 15.2. The van der Waals surface area contributed by atoms with E-state index in [9.17, 15) is 26.4 Å². The molecule has 1 unspecified atom stereocenters. The number of amidine groups is 1. The summed E-state index contributed by atoms with van der Waals surface area (Å²) >= 11 is 0. The van der Waals surface area contributed by atoms with Crippen molar-refractivity contribution in [1.29, 1.82) is 0 Å². The molecule has 25 heavy (non-hydrogen) atoms. The van der Waals surface area contributed by atoms with Gasteiger partial charge in [0, 0.05) is 11.8 Å². The molecule has 0 bridgehead atoms. The molecule has 1 heterocycles. The zero-order valence-electron chi connectivity index (χ0n) is 13.5. The number of nitrogens with two attached hydrogens (primary N) is 1. The van der Waals surface area contributed by atoms with Gasteiger partial charge >= 0.3 is 6.18 Å². The second-order valence-corrected chi connectivity index (χ2v) is 7.64. The lowest BCUT2D eigenvalue weighted by atomic mass is 9.98. The molecule has 1 amide bonds. The van der Waals surface area contributed by atoms with E-state index in [4.69, 9.17) is 10.5 Å². The SMILES string of the molecule is CC(N)=NC(=O)C1=Cc2cc(S(C)(=O)=O)cc(C)c2OC1C(F)(F)F. The maximum atomic E-state index is 13.3. The Morgan fingerprint density at radius 1 is 1.32 bits per heavy atom. The van der Waals surface area contributed by atoms with Crippen LogP contribution in [0, 0.1) is 6.92 Å². The predicted octanol–water partition coefficient (Wildman–Crippen LogP) is 2.01. The molecule has 0 fully saturated rings. The topological polar surface area (TPSA) is 98.8 Å². The smallest absolute Gasteiger partial charge is 0.429 e. The average Bonchev–Trinajstić information content (AvgIpc) is 2.43. The summed E-state index contributed by atoms with van der Waals surface area (Å²) in [6, 6.07) is 2.36. The molecule has 1 aliphatic heterocycles. The number of hydrogen-bond acceptors (Lipinski definition) is 4. The van der Waals surface area contributed by atoms with E-state index in [0.717, 1.165) is 18.4 Å². The molecule has 1 aromatic carbocycles. The summed E-state index contributed by atoms with van der Waals surface area (Å²) in [5.41, 5.74) is 4.74. The molecular weight excluding hydrogens is 361 g/mol. The number of fused-ring (bicyclic) bond motifs is 1. The first kappa shape index (κ1) is 19.0. The van der Waals surface area contributed by atoms with Crippen molar-refractivity contribution in [2.24, 2.45) is 10.7 Å². The van der Waals surface area contributed by atoms with E-state index in [0.29, 0.717) is 0 Å². The number of carbonyl (C=O) groups excluding carboxylic acids is 1. The molecule has 0 aliphatic carbocycles. The molecule has 0 radical (unpaired) electrons. The lowest BCUT2D eigenvalue weighted by molar-refractivity contribution is -0.185. The third-order valence-corrected chi connectivity index (χ3v) is 4.45. The van der Waals surface area contributed by atoms with Crippen molar-refractivity contribution in [2.45, 2.75) is 31.0 Å². The molecule has 0 spiro atoms. The Kier molecular flexibility index (Phi) is 4.69. The van der Waals surface area contributed by atoms with Crippen molar-refractivity contribution in [1.82, 2.24) is 0 Å². The summed E-state index contributed by atoms with van der Waals surface area (Å²) in [5, 5.41) is 0. The van der Waals surface area contributed by atoms with E-state index in [1.165, 1.54) is 19.9 Å². The fraction of sp³-hybridized carbons (Fsp3) is 0.333. The van der Waals surface area contributed by atoms with E-state index in [1.807, 2.05) is 0 Å². The molecule has 0 aromatic heterocycles. The number of benzene rings is 1. The van der Waals surface area contributed by atoms with Crippen LogP contribution in [0.2, 0.25) is 0 Å². The first-order chi connectivity index (χ1) is 11.3. The zero-order chi connectivity index (χ0) is 19.2. The summed E-state index contributed by atoms with van der Waals surface area (Å²) in [6.07, 6.45) is -5.47. The van der Waals surface area contributed by atoms with Crippen molar-refractivity contribution in [3.63, 3.8) is 0 Å². The molecule has 2 rings (SSSR count). The third-order valence-electron chi connectivity index (χ3n) is 3.36. The minimum Gasteiger partial charge on any atom is -0.475 e. The molecule has 1 aliphatic rings. The third kappa shape index (κ3) is 4.01. The van der Waals surface area contributed by atoms with Gasteiger partial charge in [0.25, 0.3) is 5.91 Å². The number of aliphatic imine (C=N–C) groups is 1. The van der Waals surface area contributed by atoms with Gasteiger partial charge in [-0.25, -0.2) is 8.42 Å². The van der Waals surface area contributed by atoms with Crippen molar-refractivity contribution in [3.8, 4) is 5.75 Å². The molecule has 1 aromatic rings. The van der Waals surface area contributed by atoms with Crippen LogP contribution in [-0.2, 0) is 14.6 Å². The van der Waals surface area contributed by atoms with Crippen molar-refractivity contribution < 1.29 is 31.1 Å². The highest BCUT2D eigenvalue weighted by atomic mass is 32.2. The number of halogens is 3. The van der Waals surface area contributed by atoms with Gasteiger partial charge in [0.1, 0.15) is 11.6 Å². The van der Waals surface area contributed by atoms with E-state index >= 15 is 0 Å². The largest absolute Gasteiger partial charge is 0.475 e. The van der Waals surface area contributed by atoms with Crippen LogP contribution in [0.3, 0.4) is 0 Å². The first-order valence-electron chi connectivity index (χ1n) is 6.95. The van der Waals surface area contributed by atoms with Crippen LogP contribution >= 0.6 is 0 Å².